The lowest BCUT2D eigenvalue weighted by Crippen LogP contribution is -2.52. The summed E-state index contributed by atoms with van der Waals surface area (Å²) in [7, 11) is 0. The largest absolute Gasteiger partial charge is 0.379 e. The zero-order valence-electron chi connectivity index (χ0n) is 12.3. The third-order valence-electron chi connectivity index (χ3n) is 3.61. The van der Waals surface area contributed by atoms with Crippen LogP contribution in [0.1, 0.15) is 16.8 Å². The van der Waals surface area contributed by atoms with E-state index in [0.717, 1.165) is 6.20 Å². The average Bonchev–Trinajstić information content (AvgIpc) is 2.58. The van der Waals surface area contributed by atoms with Crippen LogP contribution in [0.25, 0.3) is 0 Å². The van der Waals surface area contributed by atoms with Gasteiger partial charge in [0.05, 0.1) is 30.5 Å². The topological polar surface area (TPSA) is 89.0 Å². The monoisotopic (exact) mass is 317 g/mol. The highest BCUT2D eigenvalue weighted by molar-refractivity contribution is 5.94. The summed E-state index contributed by atoms with van der Waals surface area (Å²) < 4.78 is 19.1. The van der Waals surface area contributed by atoms with Gasteiger partial charge < -0.3 is 15.4 Å². The maximum Gasteiger partial charge on any atom is 0.254 e. The number of ether oxygens (including phenoxy) is 1. The second-order valence-electron chi connectivity index (χ2n) is 5.14. The lowest BCUT2D eigenvalue weighted by molar-refractivity contribution is 0.0618. The number of rotatable bonds is 4. The molecule has 0 aliphatic carbocycles. The second-order valence-corrected chi connectivity index (χ2v) is 5.14. The fourth-order valence-electron chi connectivity index (χ4n) is 2.42. The van der Waals surface area contributed by atoms with Gasteiger partial charge in [0.15, 0.2) is 5.82 Å². The maximum absolute atomic E-state index is 13.7. The van der Waals surface area contributed by atoms with Gasteiger partial charge in [-0.1, -0.05) is 0 Å². The van der Waals surface area contributed by atoms with Gasteiger partial charge in [0.2, 0.25) is 0 Å². The molecular weight excluding hydrogens is 301 g/mol. The molecule has 0 spiro atoms. The van der Waals surface area contributed by atoms with E-state index in [-0.39, 0.29) is 17.6 Å². The Morgan fingerprint density at radius 1 is 1.26 bits per heavy atom. The van der Waals surface area contributed by atoms with Crippen LogP contribution in [0, 0.1) is 5.82 Å². The van der Waals surface area contributed by atoms with Gasteiger partial charge in [-0.05, 0) is 18.6 Å². The molecule has 2 aromatic rings. The van der Waals surface area contributed by atoms with E-state index in [2.05, 4.69) is 25.6 Å². The SMILES string of the molecule is O=C(N[C@H]1CCOC[C@H]1Nc1ccncn1)c1ccncc1F. The van der Waals surface area contributed by atoms with Gasteiger partial charge >= 0.3 is 0 Å². The molecule has 3 rings (SSSR count). The van der Waals surface area contributed by atoms with E-state index >= 15 is 0 Å². The summed E-state index contributed by atoms with van der Waals surface area (Å²) in [6.07, 6.45) is 6.10. The van der Waals surface area contributed by atoms with Crippen LogP contribution < -0.4 is 10.6 Å². The molecule has 2 N–H and O–H groups in total. The van der Waals surface area contributed by atoms with E-state index < -0.39 is 11.7 Å². The Labute approximate surface area is 132 Å². The van der Waals surface area contributed by atoms with Crippen molar-refractivity contribution in [3.8, 4) is 0 Å². The molecule has 1 amide bonds. The molecule has 0 radical (unpaired) electrons. The standard InChI is InChI=1S/C15H16FN5O2/c16-11-7-17-4-1-10(11)15(22)21-12-3-6-23-8-13(12)20-14-2-5-18-9-19-14/h1-2,4-5,7,9,12-13H,3,6,8H2,(H,21,22)(H,18,19,20)/t12-,13+/m0/s1. The van der Waals surface area contributed by atoms with Crippen molar-refractivity contribution < 1.29 is 13.9 Å². The molecule has 0 aromatic carbocycles. The number of hydrogen-bond donors (Lipinski definition) is 2. The molecule has 2 aromatic heterocycles. The van der Waals surface area contributed by atoms with Crippen molar-refractivity contribution in [3.05, 3.63) is 48.4 Å². The first-order valence-electron chi connectivity index (χ1n) is 7.24. The zero-order valence-corrected chi connectivity index (χ0v) is 12.3. The smallest absolute Gasteiger partial charge is 0.254 e. The quantitative estimate of drug-likeness (QED) is 0.875. The fourth-order valence-corrected chi connectivity index (χ4v) is 2.42. The lowest BCUT2D eigenvalue weighted by Gasteiger charge is -2.33. The molecule has 0 bridgehead atoms. The molecule has 23 heavy (non-hydrogen) atoms. The second kappa shape index (κ2) is 7.10. The maximum atomic E-state index is 13.7. The highest BCUT2D eigenvalue weighted by Gasteiger charge is 2.28. The van der Waals surface area contributed by atoms with Crippen LogP contribution in [-0.2, 0) is 4.74 Å². The molecule has 7 nitrogen and oxygen atoms in total. The Morgan fingerprint density at radius 3 is 2.91 bits per heavy atom. The van der Waals surface area contributed by atoms with Crippen LogP contribution >= 0.6 is 0 Å². The number of anilines is 1. The van der Waals surface area contributed by atoms with Crippen LogP contribution in [0.3, 0.4) is 0 Å². The highest BCUT2D eigenvalue weighted by atomic mass is 19.1. The van der Waals surface area contributed by atoms with Crippen LogP contribution in [0.2, 0.25) is 0 Å². The minimum absolute atomic E-state index is 0.0210. The van der Waals surface area contributed by atoms with Gasteiger partial charge in [-0.2, -0.15) is 0 Å². The van der Waals surface area contributed by atoms with Gasteiger partial charge in [-0.25, -0.2) is 14.4 Å². The first-order chi connectivity index (χ1) is 11.2. The Hall–Kier alpha value is -2.61. The number of pyridine rings is 1. The van der Waals surface area contributed by atoms with Crippen molar-refractivity contribution in [2.75, 3.05) is 18.5 Å². The summed E-state index contributed by atoms with van der Waals surface area (Å²) in [5, 5.41) is 6.06. The molecule has 3 heterocycles. The average molecular weight is 317 g/mol. The third kappa shape index (κ3) is 3.78. The van der Waals surface area contributed by atoms with E-state index in [9.17, 15) is 9.18 Å². The number of carbonyl (C=O) groups excluding carboxylic acids is 1. The van der Waals surface area contributed by atoms with Gasteiger partial charge in [0.25, 0.3) is 5.91 Å². The van der Waals surface area contributed by atoms with Crippen molar-refractivity contribution in [2.45, 2.75) is 18.5 Å². The Kier molecular flexibility index (Phi) is 4.72. The predicted octanol–water partition coefficient (Wildman–Crippen LogP) is 1.01. The van der Waals surface area contributed by atoms with Crippen LogP contribution in [0.4, 0.5) is 10.2 Å². The Bertz CT molecular complexity index is 670. The molecule has 0 unspecified atom stereocenters. The molecule has 8 heteroatoms. The molecule has 1 aliphatic rings. The lowest BCUT2D eigenvalue weighted by atomic mass is 10.0. The van der Waals surface area contributed by atoms with Crippen molar-refractivity contribution in [3.63, 3.8) is 0 Å². The van der Waals surface area contributed by atoms with Crippen molar-refractivity contribution in [1.82, 2.24) is 20.3 Å². The number of nitrogens with zero attached hydrogens (tertiary/aromatic N) is 3. The molecular formula is C15H16FN5O2. The summed E-state index contributed by atoms with van der Waals surface area (Å²) in [5.74, 6) is -0.464. The summed E-state index contributed by atoms with van der Waals surface area (Å²) in [4.78, 5) is 23.9. The first kappa shape index (κ1) is 15.3. The molecule has 2 atom stereocenters. The molecule has 120 valence electrons. The number of amides is 1. The van der Waals surface area contributed by atoms with Gasteiger partial charge in [0.1, 0.15) is 12.1 Å². The van der Waals surface area contributed by atoms with E-state index in [1.165, 1.54) is 18.6 Å². The minimum Gasteiger partial charge on any atom is -0.379 e. The van der Waals surface area contributed by atoms with E-state index in [4.69, 9.17) is 4.74 Å². The van der Waals surface area contributed by atoms with Gasteiger partial charge in [-0.15, -0.1) is 0 Å². The van der Waals surface area contributed by atoms with Gasteiger partial charge in [0, 0.05) is 19.0 Å². The first-order valence-corrected chi connectivity index (χ1v) is 7.24. The summed E-state index contributed by atoms with van der Waals surface area (Å²) >= 11 is 0. The number of halogens is 1. The summed E-state index contributed by atoms with van der Waals surface area (Å²) in [6, 6.07) is 2.73. The summed E-state index contributed by atoms with van der Waals surface area (Å²) in [6.45, 7) is 0.958. The van der Waals surface area contributed by atoms with Crippen LogP contribution in [-0.4, -0.2) is 46.2 Å². The molecule has 1 fully saturated rings. The van der Waals surface area contributed by atoms with Crippen LogP contribution in [0.5, 0.6) is 0 Å². The summed E-state index contributed by atoms with van der Waals surface area (Å²) in [5.41, 5.74) is -0.0210. The fraction of sp³-hybridized carbons (Fsp3) is 0.333. The Balaban J connectivity index is 1.69. The van der Waals surface area contributed by atoms with Gasteiger partial charge in [-0.3, -0.25) is 9.78 Å². The number of nitrogens with one attached hydrogen (secondary N) is 2. The zero-order chi connectivity index (χ0) is 16.1. The Morgan fingerprint density at radius 2 is 2.13 bits per heavy atom. The van der Waals surface area contributed by atoms with E-state index in [0.29, 0.717) is 25.5 Å². The van der Waals surface area contributed by atoms with Crippen LogP contribution in [0.15, 0.2) is 37.1 Å². The van der Waals surface area contributed by atoms with Crippen molar-refractivity contribution in [1.29, 1.82) is 0 Å². The van der Waals surface area contributed by atoms with Crippen molar-refractivity contribution >= 4 is 11.7 Å². The highest BCUT2D eigenvalue weighted by Crippen LogP contribution is 2.14. The van der Waals surface area contributed by atoms with E-state index in [1.54, 1.807) is 12.3 Å². The van der Waals surface area contributed by atoms with Crippen molar-refractivity contribution in [2.24, 2.45) is 0 Å². The third-order valence-corrected chi connectivity index (χ3v) is 3.61. The molecule has 0 saturated carbocycles. The number of hydrogen-bond acceptors (Lipinski definition) is 6. The normalized spacial score (nSPS) is 20.7. The molecule has 1 aliphatic heterocycles. The molecule has 1 saturated heterocycles. The predicted molar refractivity (Wildman–Crippen MR) is 80.3 cm³/mol. The number of aromatic nitrogens is 3. The van der Waals surface area contributed by atoms with E-state index in [1.807, 2.05) is 0 Å². The number of carbonyl (C=O) groups is 1. The minimum atomic E-state index is -0.641.